The maximum atomic E-state index is 12.2. The van der Waals surface area contributed by atoms with Crippen LogP contribution >= 0.6 is 34.5 Å². The molecule has 28 heavy (non-hydrogen) atoms. The van der Waals surface area contributed by atoms with Gasteiger partial charge in [-0.25, -0.2) is 4.98 Å². The highest BCUT2D eigenvalue weighted by Gasteiger charge is 2.14. The Balaban J connectivity index is 1.39. The molecule has 0 fully saturated rings. The molecule has 2 aromatic heterocycles. The van der Waals surface area contributed by atoms with Gasteiger partial charge >= 0.3 is 5.97 Å². The van der Waals surface area contributed by atoms with E-state index in [0.29, 0.717) is 20.1 Å². The van der Waals surface area contributed by atoms with Crippen LogP contribution < -0.4 is 0 Å². The highest BCUT2D eigenvalue weighted by Crippen LogP contribution is 2.32. The van der Waals surface area contributed by atoms with Crippen LogP contribution in [0.15, 0.2) is 42.7 Å². The summed E-state index contributed by atoms with van der Waals surface area (Å²) in [6, 6.07) is 10.9. The first-order valence-electron chi connectivity index (χ1n) is 8.33. The van der Waals surface area contributed by atoms with Gasteiger partial charge in [-0.1, -0.05) is 40.6 Å². The number of carbonyl (C=O) groups excluding carboxylic acids is 1. The summed E-state index contributed by atoms with van der Waals surface area (Å²) in [5, 5.41) is 10.4. The fourth-order valence-electron chi connectivity index (χ4n) is 2.71. The molecule has 0 amide bonds. The molecule has 2 aromatic carbocycles. The zero-order valence-electron chi connectivity index (χ0n) is 14.7. The van der Waals surface area contributed by atoms with Crippen LogP contribution in [0.5, 0.6) is 0 Å². The number of rotatable bonds is 5. The maximum Gasteiger partial charge on any atom is 0.313 e. The lowest BCUT2D eigenvalue weighted by atomic mass is 10.2. The molecule has 0 radical (unpaired) electrons. The van der Waals surface area contributed by atoms with Crippen molar-refractivity contribution in [3.05, 3.63) is 63.3 Å². The number of esters is 1. The van der Waals surface area contributed by atoms with Crippen LogP contribution in [0.25, 0.3) is 21.6 Å². The average molecular weight is 433 g/mol. The van der Waals surface area contributed by atoms with Gasteiger partial charge in [0, 0.05) is 17.6 Å². The fraction of sp³-hybridized carbons (Fsp3) is 0.158. The summed E-state index contributed by atoms with van der Waals surface area (Å²) in [5.41, 5.74) is 3.50. The van der Waals surface area contributed by atoms with Gasteiger partial charge < -0.3 is 9.30 Å². The molecule has 0 unspecified atom stereocenters. The smallest absolute Gasteiger partial charge is 0.313 e. The third-order valence-corrected chi connectivity index (χ3v) is 5.62. The molecule has 0 aliphatic heterocycles. The zero-order chi connectivity index (χ0) is 19.7. The van der Waals surface area contributed by atoms with Gasteiger partial charge in [0.2, 0.25) is 0 Å². The Bertz CT molecular complexity index is 1170. The normalized spacial score (nSPS) is 11.1. The van der Waals surface area contributed by atoms with E-state index in [9.17, 15) is 4.79 Å². The van der Waals surface area contributed by atoms with Gasteiger partial charge in [0.25, 0.3) is 0 Å². The lowest BCUT2D eigenvalue weighted by molar-refractivity contribution is -0.144. The van der Waals surface area contributed by atoms with E-state index in [-0.39, 0.29) is 19.0 Å². The summed E-state index contributed by atoms with van der Waals surface area (Å²) >= 11 is 13.4. The minimum absolute atomic E-state index is 0.0503. The molecule has 0 saturated heterocycles. The number of hydrogen-bond acceptors (Lipinski definition) is 6. The van der Waals surface area contributed by atoms with E-state index >= 15 is 0 Å². The molecule has 2 heterocycles. The van der Waals surface area contributed by atoms with Gasteiger partial charge in [-0.15, -0.1) is 10.2 Å². The Morgan fingerprint density at radius 1 is 1.18 bits per heavy atom. The topological polar surface area (TPSA) is 69.9 Å². The summed E-state index contributed by atoms with van der Waals surface area (Å²) in [5.74, 6) is -0.369. The lowest BCUT2D eigenvalue weighted by Gasteiger charge is -2.04. The second kappa shape index (κ2) is 7.87. The number of halogens is 2. The monoisotopic (exact) mass is 432 g/mol. The quantitative estimate of drug-likeness (QED) is 0.428. The van der Waals surface area contributed by atoms with Crippen molar-refractivity contribution in [1.29, 1.82) is 0 Å². The van der Waals surface area contributed by atoms with E-state index in [2.05, 4.69) is 15.2 Å². The third-order valence-electron chi connectivity index (χ3n) is 4.11. The average Bonchev–Trinajstić information content (AvgIpc) is 3.27. The largest absolute Gasteiger partial charge is 0.460 e. The molecule has 0 aliphatic carbocycles. The lowest BCUT2D eigenvalue weighted by Crippen LogP contribution is -2.07. The van der Waals surface area contributed by atoms with E-state index in [1.807, 2.05) is 29.8 Å². The first-order valence-corrected chi connectivity index (χ1v) is 9.90. The minimum Gasteiger partial charge on any atom is -0.460 e. The Morgan fingerprint density at radius 2 is 2.04 bits per heavy atom. The van der Waals surface area contributed by atoms with Crippen LogP contribution in [0.2, 0.25) is 10.0 Å². The van der Waals surface area contributed by atoms with Crippen molar-refractivity contribution >= 4 is 51.5 Å². The second-order valence-corrected chi connectivity index (χ2v) is 8.05. The van der Waals surface area contributed by atoms with Crippen molar-refractivity contribution in [1.82, 2.24) is 19.7 Å². The molecule has 0 N–H and O–H groups in total. The number of benzene rings is 2. The Morgan fingerprint density at radius 3 is 2.86 bits per heavy atom. The van der Waals surface area contributed by atoms with E-state index in [1.54, 1.807) is 24.5 Å². The molecule has 6 nitrogen and oxygen atoms in total. The molecule has 4 aromatic rings. The zero-order valence-corrected chi connectivity index (χ0v) is 17.1. The van der Waals surface area contributed by atoms with E-state index in [0.717, 1.165) is 22.2 Å². The Hall–Kier alpha value is -2.48. The van der Waals surface area contributed by atoms with Crippen LogP contribution in [-0.4, -0.2) is 25.7 Å². The minimum atomic E-state index is -0.369. The molecule has 9 heteroatoms. The SMILES string of the molecule is Cn1cnc2cc(COC(=O)Cc3nnc(-c4ccc(Cl)cc4Cl)s3)ccc21. The van der Waals surface area contributed by atoms with E-state index in [1.165, 1.54) is 11.3 Å². The molecule has 4 rings (SSSR count). The maximum absolute atomic E-state index is 12.2. The molecular formula is C19H14Cl2N4O2S. The third kappa shape index (κ3) is 4.01. The van der Waals surface area contributed by atoms with Gasteiger partial charge in [0.05, 0.1) is 28.8 Å². The number of imidazole rings is 1. The Labute approximate surface area is 174 Å². The van der Waals surface area contributed by atoms with Gasteiger partial charge in [-0.05, 0) is 35.9 Å². The second-order valence-electron chi connectivity index (χ2n) is 6.14. The first kappa shape index (κ1) is 18.9. The number of hydrogen-bond donors (Lipinski definition) is 0. The molecular weight excluding hydrogens is 419 g/mol. The molecule has 0 atom stereocenters. The van der Waals surface area contributed by atoms with E-state index < -0.39 is 0 Å². The van der Waals surface area contributed by atoms with Crippen molar-refractivity contribution in [2.24, 2.45) is 7.05 Å². The molecule has 0 aliphatic rings. The number of nitrogens with zero attached hydrogens (tertiary/aromatic N) is 4. The van der Waals surface area contributed by atoms with Crippen molar-refractivity contribution in [2.45, 2.75) is 13.0 Å². The van der Waals surface area contributed by atoms with Crippen molar-refractivity contribution in [2.75, 3.05) is 0 Å². The van der Waals surface area contributed by atoms with Gasteiger partial charge in [0.1, 0.15) is 16.6 Å². The fourth-order valence-corrected chi connectivity index (χ4v) is 4.13. The highest BCUT2D eigenvalue weighted by molar-refractivity contribution is 7.14. The van der Waals surface area contributed by atoms with Crippen LogP contribution in [0.4, 0.5) is 0 Å². The Kier molecular flexibility index (Phi) is 5.30. The molecule has 142 valence electrons. The summed E-state index contributed by atoms with van der Waals surface area (Å²) < 4.78 is 7.30. The number of aromatic nitrogens is 4. The summed E-state index contributed by atoms with van der Waals surface area (Å²) in [6.45, 7) is 0.181. The molecule has 0 bridgehead atoms. The summed E-state index contributed by atoms with van der Waals surface area (Å²) in [7, 11) is 1.93. The summed E-state index contributed by atoms with van der Waals surface area (Å²) in [6.07, 6.45) is 1.80. The van der Waals surface area contributed by atoms with Gasteiger partial charge in [-0.3, -0.25) is 4.79 Å². The van der Waals surface area contributed by atoms with Crippen molar-refractivity contribution in [3.63, 3.8) is 0 Å². The van der Waals surface area contributed by atoms with Crippen LogP contribution in [0, 0.1) is 0 Å². The van der Waals surface area contributed by atoms with Gasteiger partial charge in [0.15, 0.2) is 0 Å². The van der Waals surface area contributed by atoms with Crippen LogP contribution in [0.1, 0.15) is 10.6 Å². The predicted molar refractivity (Wildman–Crippen MR) is 110 cm³/mol. The van der Waals surface area contributed by atoms with Crippen molar-refractivity contribution in [3.8, 4) is 10.6 Å². The standard InChI is InChI=1S/C19H14Cl2N4O2S/c1-25-10-22-15-6-11(2-5-16(15)25)9-27-18(26)8-17-23-24-19(28-17)13-4-3-12(20)7-14(13)21/h2-7,10H,8-9H2,1H3. The van der Waals surface area contributed by atoms with Crippen LogP contribution in [0.3, 0.4) is 0 Å². The number of ether oxygens (including phenoxy) is 1. The molecule has 0 saturated carbocycles. The van der Waals surface area contributed by atoms with Gasteiger partial charge in [-0.2, -0.15) is 0 Å². The number of fused-ring (bicyclic) bond motifs is 1. The number of carbonyl (C=O) groups is 1. The number of aryl methyl sites for hydroxylation is 1. The highest BCUT2D eigenvalue weighted by atomic mass is 35.5. The molecule has 0 spiro atoms. The van der Waals surface area contributed by atoms with Crippen molar-refractivity contribution < 1.29 is 9.53 Å². The predicted octanol–water partition coefficient (Wildman–Crippen LogP) is 4.68. The van der Waals surface area contributed by atoms with E-state index in [4.69, 9.17) is 27.9 Å². The first-order chi connectivity index (χ1) is 13.5. The summed E-state index contributed by atoms with van der Waals surface area (Å²) in [4.78, 5) is 16.5. The van der Waals surface area contributed by atoms with Crippen LogP contribution in [-0.2, 0) is 29.6 Å².